The van der Waals surface area contributed by atoms with Crippen molar-refractivity contribution in [3.05, 3.63) is 24.5 Å². The second-order valence-electron chi connectivity index (χ2n) is 6.16. The molecule has 0 radical (unpaired) electrons. The monoisotopic (exact) mass is 285 g/mol. The molecule has 4 rings (SSSR count). The van der Waals surface area contributed by atoms with Crippen molar-refractivity contribution in [2.45, 2.75) is 44.2 Å². The van der Waals surface area contributed by atoms with Crippen molar-refractivity contribution in [2.75, 3.05) is 5.32 Å². The number of hydrogen-bond donors (Lipinski definition) is 2. The normalized spacial score (nSPS) is 27.9. The van der Waals surface area contributed by atoms with E-state index in [1.165, 1.54) is 12.8 Å². The smallest absolute Gasteiger partial charge is 0.225 e. The molecule has 1 amide bonds. The third kappa shape index (κ3) is 2.51. The third-order valence-corrected chi connectivity index (χ3v) is 4.60. The van der Waals surface area contributed by atoms with E-state index in [1.54, 1.807) is 23.0 Å². The molecule has 2 saturated heterocycles. The maximum atomic E-state index is 12.3. The average molecular weight is 285 g/mol. The van der Waals surface area contributed by atoms with Gasteiger partial charge in [-0.1, -0.05) is 0 Å². The first-order valence-corrected chi connectivity index (χ1v) is 7.62. The van der Waals surface area contributed by atoms with E-state index in [2.05, 4.69) is 20.7 Å². The molecular weight excluding hydrogens is 266 g/mol. The molecule has 2 atom stereocenters. The number of carbonyl (C=O) groups is 1. The van der Waals surface area contributed by atoms with Crippen LogP contribution in [-0.2, 0) is 4.79 Å². The van der Waals surface area contributed by atoms with Crippen molar-refractivity contribution in [3.63, 3.8) is 0 Å². The Morgan fingerprint density at radius 1 is 1.29 bits per heavy atom. The molecule has 21 heavy (non-hydrogen) atoms. The molecule has 2 fully saturated rings. The number of amides is 1. The van der Waals surface area contributed by atoms with Crippen LogP contribution in [0.15, 0.2) is 24.5 Å². The Balaban J connectivity index is 1.43. The predicted octanol–water partition coefficient (Wildman–Crippen LogP) is 1.59. The largest absolute Gasteiger partial charge is 0.311 e. The molecule has 2 aromatic rings. The molecule has 0 aliphatic carbocycles. The van der Waals surface area contributed by atoms with Gasteiger partial charge < -0.3 is 10.6 Å². The Morgan fingerprint density at radius 3 is 2.90 bits per heavy atom. The van der Waals surface area contributed by atoms with E-state index in [-0.39, 0.29) is 5.91 Å². The summed E-state index contributed by atoms with van der Waals surface area (Å²) in [4.78, 5) is 16.5. The highest BCUT2D eigenvalue weighted by Gasteiger charge is 2.34. The molecule has 4 heterocycles. The standard InChI is InChI=1S/C15H19N5O/c21-15(9-10-7-11-1-2-12(8-10)18-11)19-14-3-5-16-13-4-6-17-20(13)14/h3-6,10-12,18H,1-2,7-9H2,(H,19,21). The van der Waals surface area contributed by atoms with Crippen molar-refractivity contribution in [3.8, 4) is 0 Å². The van der Waals surface area contributed by atoms with Crippen molar-refractivity contribution >= 4 is 17.4 Å². The van der Waals surface area contributed by atoms with Crippen molar-refractivity contribution in [1.82, 2.24) is 19.9 Å². The first kappa shape index (κ1) is 12.8. The predicted molar refractivity (Wildman–Crippen MR) is 78.9 cm³/mol. The molecule has 2 bridgehead atoms. The maximum absolute atomic E-state index is 12.3. The fraction of sp³-hybridized carbons (Fsp3) is 0.533. The summed E-state index contributed by atoms with van der Waals surface area (Å²) >= 11 is 0. The van der Waals surface area contributed by atoms with E-state index in [0.29, 0.717) is 30.2 Å². The third-order valence-electron chi connectivity index (χ3n) is 4.60. The molecule has 2 N–H and O–H groups in total. The minimum absolute atomic E-state index is 0.0734. The van der Waals surface area contributed by atoms with Gasteiger partial charge in [-0.25, -0.2) is 4.98 Å². The average Bonchev–Trinajstić information content (AvgIpc) is 3.06. The van der Waals surface area contributed by atoms with Gasteiger partial charge in [0.25, 0.3) is 0 Å². The summed E-state index contributed by atoms with van der Waals surface area (Å²) in [7, 11) is 0. The van der Waals surface area contributed by atoms with Gasteiger partial charge in [-0.05, 0) is 37.7 Å². The molecule has 6 heteroatoms. The molecule has 0 aromatic carbocycles. The Kier molecular flexibility index (Phi) is 3.11. The van der Waals surface area contributed by atoms with Crippen LogP contribution in [0.1, 0.15) is 32.1 Å². The topological polar surface area (TPSA) is 71.3 Å². The fourth-order valence-electron chi connectivity index (χ4n) is 3.73. The zero-order valence-electron chi connectivity index (χ0n) is 11.8. The number of rotatable bonds is 3. The molecule has 2 unspecified atom stereocenters. The minimum atomic E-state index is 0.0734. The van der Waals surface area contributed by atoms with E-state index in [9.17, 15) is 4.79 Å². The summed E-state index contributed by atoms with van der Waals surface area (Å²) in [5.74, 6) is 1.26. The first-order valence-electron chi connectivity index (χ1n) is 7.62. The summed E-state index contributed by atoms with van der Waals surface area (Å²) < 4.78 is 1.66. The Hall–Kier alpha value is -1.95. The molecule has 2 aliphatic rings. The van der Waals surface area contributed by atoms with Gasteiger partial charge in [0.1, 0.15) is 5.82 Å². The number of fused-ring (bicyclic) bond motifs is 3. The Bertz CT molecular complexity index is 655. The fourth-order valence-corrected chi connectivity index (χ4v) is 3.73. The molecule has 2 aromatic heterocycles. The van der Waals surface area contributed by atoms with Crippen molar-refractivity contribution in [2.24, 2.45) is 5.92 Å². The second-order valence-corrected chi connectivity index (χ2v) is 6.16. The van der Waals surface area contributed by atoms with E-state index in [1.807, 2.05) is 6.07 Å². The van der Waals surface area contributed by atoms with Gasteiger partial charge in [0.15, 0.2) is 5.65 Å². The van der Waals surface area contributed by atoms with Gasteiger partial charge in [-0.2, -0.15) is 9.61 Å². The Morgan fingerprint density at radius 2 is 2.10 bits per heavy atom. The van der Waals surface area contributed by atoms with Crippen molar-refractivity contribution in [1.29, 1.82) is 0 Å². The van der Waals surface area contributed by atoms with Crippen LogP contribution in [0.4, 0.5) is 5.82 Å². The highest BCUT2D eigenvalue weighted by Crippen LogP contribution is 2.32. The number of nitrogens with zero attached hydrogens (tertiary/aromatic N) is 3. The number of aromatic nitrogens is 3. The molecule has 6 nitrogen and oxygen atoms in total. The van der Waals surface area contributed by atoms with Gasteiger partial charge in [-0.3, -0.25) is 4.79 Å². The number of hydrogen-bond acceptors (Lipinski definition) is 4. The van der Waals surface area contributed by atoms with Crippen LogP contribution in [-0.4, -0.2) is 32.6 Å². The molecule has 0 saturated carbocycles. The highest BCUT2D eigenvalue weighted by molar-refractivity contribution is 5.90. The summed E-state index contributed by atoms with van der Waals surface area (Å²) in [6.45, 7) is 0. The number of nitrogens with one attached hydrogen (secondary N) is 2. The van der Waals surface area contributed by atoms with Crippen molar-refractivity contribution < 1.29 is 4.79 Å². The second kappa shape index (κ2) is 5.11. The lowest BCUT2D eigenvalue weighted by molar-refractivity contribution is -0.117. The van der Waals surface area contributed by atoms with Gasteiger partial charge in [0.2, 0.25) is 5.91 Å². The molecule has 0 spiro atoms. The van der Waals surface area contributed by atoms with Gasteiger partial charge >= 0.3 is 0 Å². The number of anilines is 1. The zero-order valence-corrected chi connectivity index (χ0v) is 11.8. The lowest BCUT2D eigenvalue weighted by Crippen LogP contribution is -2.39. The quantitative estimate of drug-likeness (QED) is 0.898. The maximum Gasteiger partial charge on any atom is 0.225 e. The first-order chi connectivity index (χ1) is 10.3. The highest BCUT2D eigenvalue weighted by atomic mass is 16.1. The van der Waals surface area contributed by atoms with E-state index in [0.717, 1.165) is 18.5 Å². The minimum Gasteiger partial charge on any atom is -0.311 e. The van der Waals surface area contributed by atoms with Crippen LogP contribution < -0.4 is 10.6 Å². The van der Waals surface area contributed by atoms with Crippen LogP contribution in [0.2, 0.25) is 0 Å². The summed E-state index contributed by atoms with van der Waals surface area (Å²) in [5.41, 5.74) is 0.743. The SMILES string of the molecule is O=C(CC1CC2CCC(C1)N2)Nc1ccnc2ccnn12. The lowest BCUT2D eigenvalue weighted by atomic mass is 9.89. The van der Waals surface area contributed by atoms with Crippen LogP contribution >= 0.6 is 0 Å². The summed E-state index contributed by atoms with van der Waals surface area (Å²) in [5, 5.41) is 10.8. The van der Waals surface area contributed by atoms with Gasteiger partial charge in [-0.15, -0.1) is 0 Å². The van der Waals surface area contributed by atoms with E-state index >= 15 is 0 Å². The van der Waals surface area contributed by atoms with E-state index in [4.69, 9.17) is 0 Å². The Labute approximate surface area is 122 Å². The molecule has 2 aliphatic heterocycles. The summed E-state index contributed by atoms with van der Waals surface area (Å²) in [6, 6.07) is 4.85. The van der Waals surface area contributed by atoms with Crippen LogP contribution in [0.3, 0.4) is 0 Å². The van der Waals surface area contributed by atoms with Crippen LogP contribution in [0.5, 0.6) is 0 Å². The van der Waals surface area contributed by atoms with Gasteiger partial charge in [0.05, 0.1) is 6.20 Å². The lowest BCUT2D eigenvalue weighted by Gasteiger charge is -2.28. The van der Waals surface area contributed by atoms with Crippen LogP contribution in [0, 0.1) is 5.92 Å². The van der Waals surface area contributed by atoms with Gasteiger partial charge in [0, 0.05) is 30.8 Å². The summed E-state index contributed by atoms with van der Waals surface area (Å²) in [6.07, 6.45) is 8.75. The van der Waals surface area contributed by atoms with E-state index < -0.39 is 0 Å². The molecule has 110 valence electrons. The number of carbonyl (C=O) groups excluding carboxylic acids is 1. The zero-order chi connectivity index (χ0) is 14.2. The van der Waals surface area contributed by atoms with Crippen LogP contribution in [0.25, 0.3) is 5.65 Å². The molecular formula is C15H19N5O. The number of piperidine rings is 1.